The number of carbonyl (C=O) groups excluding carboxylic acids is 6. The molecule has 6 atom stereocenters. The highest BCUT2D eigenvalue weighted by Gasteiger charge is 2.52. The zero-order valence-corrected chi connectivity index (χ0v) is 27.0. The summed E-state index contributed by atoms with van der Waals surface area (Å²) in [6.07, 6.45) is -7.39. The van der Waals surface area contributed by atoms with Crippen LogP contribution in [0.25, 0.3) is 0 Å². The van der Waals surface area contributed by atoms with Crippen LogP contribution in [0.5, 0.6) is 0 Å². The molecule has 2 aromatic rings. The minimum Gasteiger partial charge on any atom is -0.463 e. The second-order valence-electron chi connectivity index (χ2n) is 10.6. The molecule has 260 valence electrons. The van der Waals surface area contributed by atoms with Crippen molar-refractivity contribution in [3.63, 3.8) is 0 Å². The van der Waals surface area contributed by atoms with Gasteiger partial charge in [-0.05, 0) is 11.1 Å². The first-order chi connectivity index (χ1) is 22.9. The quantitative estimate of drug-likeness (QED) is 0.214. The Kier molecular flexibility index (Phi) is 14.8. The van der Waals surface area contributed by atoms with Crippen molar-refractivity contribution in [3.05, 3.63) is 71.8 Å². The summed E-state index contributed by atoms with van der Waals surface area (Å²) in [6, 6.07) is 16.4. The molecule has 1 heterocycles. The normalized spacial score (nSPS) is 20.7. The molecule has 0 spiro atoms. The van der Waals surface area contributed by atoms with Crippen molar-refractivity contribution >= 4 is 35.9 Å². The molecule has 3 rings (SSSR count). The average Bonchev–Trinajstić information content (AvgIpc) is 3.04. The zero-order valence-electron chi connectivity index (χ0n) is 27.0. The molecule has 1 aliphatic rings. The zero-order chi connectivity index (χ0) is 35.1. The number of benzene rings is 2. The molecule has 0 unspecified atom stereocenters. The van der Waals surface area contributed by atoms with E-state index in [9.17, 15) is 28.8 Å². The Bertz CT molecular complexity index is 1390. The van der Waals surface area contributed by atoms with Crippen molar-refractivity contribution in [2.75, 3.05) is 19.8 Å². The van der Waals surface area contributed by atoms with Gasteiger partial charge in [-0.3, -0.25) is 19.2 Å². The molecule has 1 amide bonds. The van der Waals surface area contributed by atoms with Gasteiger partial charge in [0.15, 0.2) is 24.4 Å². The Morgan fingerprint density at radius 2 is 1.10 bits per heavy atom. The van der Waals surface area contributed by atoms with Gasteiger partial charge in [0.25, 0.3) is 0 Å². The topological polar surface area (TPSA) is 188 Å². The highest BCUT2D eigenvalue weighted by Crippen LogP contribution is 2.29. The number of ether oxygens (including phenoxy) is 8. The van der Waals surface area contributed by atoms with Crippen molar-refractivity contribution in [2.45, 2.75) is 77.5 Å². The predicted molar refractivity (Wildman–Crippen MR) is 163 cm³/mol. The van der Waals surface area contributed by atoms with E-state index in [1.54, 1.807) is 54.6 Å². The van der Waals surface area contributed by atoms with Crippen LogP contribution in [0.15, 0.2) is 60.7 Å². The van der Waals surface area contributed by atoms with Gasteiger partial charge in [0.1, 0.15) is 32.0 Å². The van der Waals surface area contributed by atoms with Crippen molar-refractivity contribution in [1.29, 1.82) is 0 Å². The maximum Gasteiger partial charge on any atom is 0.408 e. The third-order valence-electron chi connectivity index (χ3n) is 6.67. The van der Waals surface area contributed by atoms with Gasteiger partial charge >= 0.3 is 35.9 Å². The first-order valence-electron chi connectivity index (χ1n) is 15.0. The molecule has 0 saturated carbocycles. The monoisotopic (exact) mass is 673 g/mol. The summed E-state index contributed by atoms with van der Waals surface area (Å²) < 4.78 is 43.8. The van der Waals surface area contributed by atoms with E-state index >= 15 is 0 Å². The fourth-order valence-electron chi connectivity index (χ4n) is 4.66. The van der Waals surface area contributed by atoms with Crippen LogP contribution in [-0.4, -0.2) is 92.3 Å². The summed E-state index contributed by atoms with van der Waals surface area (Å²) in [5.74, 6) is -3.84. The lowest BCUT2D eigenvalue weighted by atomic mass is 9.94. The van der Waals surface area contributed by atoms with Gasteiger partial charge in [0.05, 0.1) is 13.2 Å². The van der Waals surface area contributed by atoms with Crippen LogP contribution >= 0.6 is 0 Å². The maximum absolute atomic E-state index is 13.1. The van der Waals surface area contributed by atoms with Crippen LogP contribution < -0.4 is 5.32 Å². The Morgan fingerprint density at radius 1 is 0.625 bits per heavy atom. The lowest BCUT2D eigenvalue weighted by Gasteiger charge is -2.44. The van der Waals surface area contributed by atoms with Crippen LogP contribution in [0, 0.1) is 0 Å². The molecule has 0 aliphatic carbocycles. The third kappa shape index (κ3) is 12.6. The fourth-order valence-corrected chi connectivity index (χ4v) is 4.66. The average molecular weight is 674 g/mol. The van der Waals surface area contributed by atoms with Crippen LogP contribution in [0.1, 0.15) is 38.8 Å². The Labute approximate surface area is 277 Å². The van der Waals surface area contributed by atoms with Gasteiger partial charge in [0.2, 0.25) is 0 Å². The lowest BCUT2D eigenvalue weighted by molar-refractivity contribution is -0.259. The minimum atomic E-state index is -1.39. The molecule has 15 nitrogen and oxygen atoms in total. The van der Waals surface area contributed by atoms with E-state index in [1.165, 1.54) is 0 Å². The molecule has 1 N–H and O–H groups in total. The smallest absolute Gasteiger partial charge is 0.408 e. The van der Waals surface area contributed by atoms with E-state index in [4.69, 9.17) is 37.9 Å². The summed E-state index contributed by atoms with van der Waals surface area (Å²) in [5.41, 5.74) is 1.42. The molecular formula is C33H39NO14. The first-order valence-corrected chi connectivity index (χ1v) is 15.0. The van der Waals surface area contributed by atoms with E-state index in [0.29, 0.717) is 5.56 Å². The molecule has 48 heavy (non-hydrogen) atoms. The van der Waals surface area contributed by atoms with Gasteiger partial charge in [-0.15, -0.1) is 0 Å². The van der Waals surface area contributed by atoms with Crippen LogP contribution in [0.4, 0.5) is 4.79 Å². The molecule has 1 aliphatic heterocycles. The SMILES string of the molecule is CC(=O)OC[C@H]1O[C@H](COC[C@H](NC(=O)OCc2ccccc2)C(=O)OCc2ccccc2)[C@H](OC(C)=O)[C@@H](OC(C)=O)[C@H]1OC(C)=O. The summed E-state index contributed by atoms with van der Waals surface area (Å²) in [6.45, 7) is 3.05. The second kappa shape index (κ2) is 19.0. The summed E-state index contributed by atoms with van der Waals surface area (Å²) in [7, 11) is 0. The molecule has 0 radical (unpaired) electrons. The van der Waals surface area contributed by atoms with Crippen LogP contribution in [0.3, 0.4) is 0 Å². The second-order valence-corrected chi connectivity index (χ2v) is 10.6. The summed E-state index contributed by atoms with van der Waals surface area (Å²) >= 11 is 0. The molecule has 1 fully saturated rings. The van der Waals surface area contributed by atoms with Crippen molar-refractivity contribution in [1.82, 2.24) is 5.32 Å². The van der Waals surface area contributed by atoms with E-state index < -0.39 is 92.3 Å². The summed E-state index contributed by atoms with van der Waals surface area (Å²) in [5, 5.41) is 2.44. The van der Waals surface area contributed by atoms with Gasteiger partial charge < -0.3 is 43.2 Å². The summed E-state index contributed by atoms with van der Waals surface area (Å²) in [4.78, 5) is 73.5. The molecule has 2 aromatic carbocycles. The Balaban J connectivity index is 1.78. The first kappa shape index (κ1) is 37.4. The number of nitrogens with one attached hydrogen (secondary N) is 1. The predicted octanol–water partition coefficient (Wildman–Crippen LogP) is 2.17. The third-order valence-corrected chi connectivity index (χ3v) is 6.67. The highest BCUT2D eigenvalue weighted by atomic mass is 16.7. The molecular weight excluding hydrogens is 634 g/mol. The molecule has 0 aromatic heterocycles. The molecule has 15 heteroatoms. The number of hydrogen-bond donors (Lipinski definition) is 1. The van der Waals surface area contributed by atoms with Crippen molar-refractivity contribution < 1.29 is 66.7 Å². The molecule has 0 bridgehead atoms. The lowest BCUT2D eigenvalue weighted by Crippen LogP contribution is -2.63. The number of esters is 5. The Hall–Kier alpha value is -5.02. The van der Waals surface area contributed by atoms with E-state index in [1.807, 2.05) is 6.07 Å². The number of amides is 1. The number of hydrogen-bond acceptors (Lipinski definition) is 14. The van der Waals surface area contributed by atoms with Crippen molar-refractivity contribution in [2.24, 2.45) is 0 Å². The minimum absolute atomic E-state index is 0.0654. The molecule has 1 saturated heterocycles. The van der Waals surface area contributed by atoms with E-state index in [0.717, 1.165) is 33.3 Å². The largest absolute Gasteiger partial charge is 0.463 e. The van der Waals surface area contributed by atoms with Crippen molar-refractivity contribution in [3.8, 4) is 0 Å². The maximum atomic E-state index is 13.1. The van der Waals surface area contributed by atoms with Gasteiger partial charge in [-0.25, -0.2) is 9.59 Å². The van der Waals surface area contributed by atoms with Crippen LogP contribution in [-0.2, 0) is 75.1 Å². The van der Waals surface area contributed by atoms with E-state index in [-0.39, 0.29) is 13.2 Å². The number of alkyl carbamates (subject to hydrolysis) is 1. The Morgan fingerprint density at radius 3 is 1.60 bits per heavy atom. The highest BCUT2D eigenvalue weighted by molar-refractivity contribution is 5.81. The number of carbonyl (C=O) groups is 6. The van der Waals surface area contributed by atoms with Gasteiger partial charge in [-0.1, -0.05) is 60.7 Å². The fraction of sp³-hybridized carbons (Fsp3) is 0.455. The van der Waals surface area contributed by atoms with E-state index in [2.05, 4.69) is 5.32 Å². The van der Waals surface area contributed by atoms with Crippen LogP contribution in [0.2, 0.25) is 0 Å². The van der Waals surface area contributed by atoms with Gasteiger partial charge in [-0.2, -0.15) is 0 Å². The standard InChI is InChI=1S/C33H39NO14/c1-20(35)42-19-28-30(46-22(3)37)31(47-23(4)38)29(45-21(2)36)27(48-28)18-41-17-26(32(39)43-15-24-11-7-5-8-12-24)34-33(40)44-16-25-13-9-6-10-14-25/h5-14,26-31H,15-19H2,1-4H3,(H,34,40)/t26-,27+,28+,29-,30-,31+/m0/s1. The number of rotatable bonds is 15. The van der Waals surface area contributed by atoms with Gasteiger partial charge in [0, 0.05) is 27.7 Å².